The van der Waals surface area contributed by atoms with Crippen LogP contribution in [-0.2, 0) is 6.54 Å². The van der Waals surface area contributed by atoms with Crippen molar-refractivity contribution in [2.24, 2.45) is 0 Å². The smallest absolute Gasteiger partial charge is 0.291 e. The molecule has 0 fully saturated rings. The molecule has 2 rings (SSSR count). The summed E-state index contributed by atoms with van der Waals surface area (Å²) in [6, 6.07) is 1.80. The van der Waals surface area contributed by atoms with Crippen molar-refractivity contribution in [2.75, 3.05) is 0 Å². The van der Waals surface area contributed by atoms with Crippen LogP contribution in [-0.4, -0.2) is 36.9 Å². The van der Waals surface area contributed by atoms with Gasteiger partial charge in [0.1, 0.15) is 5.82 Å². The first kappa shape index (κ1) is 13.3. The Kier molecular flexibility index (Phi) is 3.94. The molecule has 0 aliphatic heterocycles. The van der Waals surface area contributed by atoms with Crippen molar-refractivity contribution in [3.8, 4) is 0 Å². The number of carbonyl (C=O) groups is 1. The van der Waals surface area contributed by atoms with Crippen LogP contribution in [0.25, 0.3) is 0 Å². The average molecular weight is 262 g/mol. The fourth-order valence-electron chi connectivity index (χ4n) is 1.66. The number of nitrogens with one attached hydrogen (secondary N) is 2. The van der Waals surface area contributed by atoms with Gasteiger partial charge in [0.2, 0.25) is 5.82 Å². The van der Waals surface area contributed by atoms with Gasteiger partial charge in [-0.3, -0.25) is 14.6 Å². The number of nitrogens with zero attached hydrogens (tertiary/aromatic N) is 4. The van der Waals surface area contributed by atoms with Gasteiger partial charge in [-0.1, -0.05) is 13.8 Å². The van der Waals surface area contributed by atoms with E-state index in [2.05, 4.69) is 25.6 Å². The Bertz CT molecular complexity index is 530. The van der Waals surface area contributed by atoms with Crippen LogP contribution < -0.4 is 5.32 Å². The van der Waals surface area contributed by atoms with E-state index in [1.165, 1.54) is 0 Å². The molecule has 7 heteroatoms. The molecule has 0 radical (unpaired) electrons. The first-order chi connectivity index (χ1) is 9.06. The van der Waals surface area contributed by atoms with Gasteiger partial charge in [0.15, 0.2) is 0 Å². The Morgan fingerprint density at radius 2 is 2.26 bits per heavy atom. The van der Waals surface area contributed by atoms with Crippen molar-refractivity contribution in [3.05, 3.63) is 30.1 Å². The van der Waals surface area contributed by atoms with Gasteiger partial charge < -0.3 is 5.32 Å². The van der Waals surface area contributed by atoms with E-state index in [0.717, 1.165) is 0 Å². The van der Waals surface area contributed by atoms with E-state index in [-0.39, 0.29) is 23.7 Å². The quantitative estimate of drug-likeness (QED) is 0.839. The third-order valence-electron chi connectivity index (χ3n) is 2.65. The second kappa shape index (κ2) is 5.64. The molecule has 2 heterocycles. The second-order valence-corrected chi connectivity index (χ2v) is 4.80. The molecule has 0 aliphatic rings. The Balaban J connectivity index is 1.92. The van der Waals surface area contributed by atoms with Gasteiger partial charge in [0, 0.05) is 24.4 Å². The van der Waals surface area contributed by atoms with Crippen molar-refractivity contribution >= 4 is 5.91 Å². The highest BCUT2D eigenvalue weighted by atomic mass is 16.2. The molecule has 0 aliphatic carbocycles. The molecule has 1 amide bonds. The summed E-state index contributed by atoms with van der Waals surface area (Å²) in [5.41, 5.74) is 0. The summed E-state index contributed by atoms with van der Waals surface area (Å²) < 4.78 is 1.77. The minimum absolute atomic E-state index is 0.0478. The first-order valence-electron chi connectivity index (χ1n) is 6.27. The van der Waals surface area contributed by atoms with Gasteiger partial charge in [-0.2, -0.15) is 5.10 Å². The van der Waals surface area contributed by atoms with E-state index in [1.807, 2.05) is 33.0 Å². The maximum atomic E-state index is 11.9. The third kappa shape index (κ3) is 3.40. The largest absolute Gasteiger partial charge is 0.345 e. The maximum Gasteiger partial charge on any atom is 0.291 e. The van der Waals surface area contributed by atoms with E-state index in [0.29, 0.717) is 12.4 Å². The number of hydrogen-bond donors (Lipinski definition) is 2. The summed E-state index contributed by atoms with van der Waals surface area (Å²) in [6.07, 6.45) is 3.56. The van der Waals surface area contributed by atoms with Gasteiger partial charge in [-0.15, -0.1) is 5.10 Å². The van der Waals surface area contributed by atoms with Gasteiger partial charge in [0.05, 0.1) is 6.54 Å². The molecule has 7 nitrogen and oxygen atoms in total. The second-order valence-electron chi connectivity index (χ2n) is 4.80. The topological polar surface area (TPSA) is 88.5 Å². The lowest BCUT2D eigenvalue weighted by molar-refractivity contribution is 0.0926. The normalized spacial score (nSPS) is 12.6. The van der Waals surface area contributed by atoms with Gasteiger partial charge in [-0.05, 0) is 13.0 Å². The fourth-order valence-corrected chi connectivity index (χ4v) is 1.66. The van der Waals surface area contributed by atoms with Crippen molar-refractivity contribution in [1.82, 2.24) is 30.3 Å². The molecule has 2 aromatic heterocycles. The van der Waals surface area contributed by atoms with Crippen LogP contribution in [0.1, 0.15) is 43.1 Å². The summed E-state index contributed by atoms with van der Waals surface area (Å²) in [5.74, 6) is 0.833. The maximum absolute atomic E-state index is 11.9. The number of rotatable bonds is 5. The molecule has 1 unspecified atom stereocenters. The van der Waals surface area contributed by atoms with E-state index in [1.54, 1.807) is 10.9 Å². The molecule has 0 aromatic carbocycles. The van der Waals surface area contributed by atoms with E-state index in [4.69, 9.17) is 0 Å². The number of aromatic amines is 1. The zero-order chi connectivity index (χ0) is 13.8. The fraction of sp³-hybridized carbons (Fsp3) is 0.500. The monoisotopic (exact) mass is 262 g/mol. The van der Waals surface area contributed by atoms with Crippen molar-refractivity contribution < 1.29 is 4.79 Å². The Morgan fingerprint density at radius 1 is 1.47 bits per heavy atom. The number of carbonyl (C=O) groups excluding carboxylic acids is 1. The molecule has 0 spiro atoms. The summed E-state index contributed by atoms with van der Waals surface area (Å²) in [6.45, 7) is 6.50. The lowest BCUT2D eigenvalue weighted by Gasteiger charge is -2.12. The lowest BCUT2D eigenvalue weighted by atomic mass is 10.2. The summed E-state index contributed by atoms with van der Waals surface area (Å²) in [7, 11) is 0. The third-order valence-corrected chi connectivity index (χ3v) is 2.65. The first-order valence-corrected chi connectivity index (χ1v) is 6.27. The predicted octanol–water partition coefficient (Wildman–Crippen LogP) is 0.943. The van der Waals surface area contributed by atoms with Crippen LogP contribution in [0.15, 0.2) is 18.5 Å². The van der Waals surface area contributed by atoms with Crippen LogP contribution in [0.3, 0.4) is 0 Å². The number of aromatic nitrogens is 5. The molecule has 0 saturated heterocycles. The number of hydrogen-bond acceptors (Lipinski definition) is 4. The van der Waals surface area contributed by atoms with Crippen molar-refractivity contribution in [2.45, 2.75) is 39.3 Å². The molecule has 19 heavy (non-hydrogen) atoms. The number of H-pyrrole nitrogens is 1. The molecule has 102 valence electrons. The summed E-state index contributed by atoms with van der Waals surface area (Å²) in [5, 5.41) is 13.6. The van der Waals surface area contributed by atoms with Crippen LogP contribution >= 0.6 is 0 Å². The van der Waals surface area contributed by atoms with Gasteiger partial charge >= 0.3 is 0 Å². The summed E-state index contributed by atoms with van der Waals surface area (Å²) >= 11 is 0. The molecule has 0 saturated carbocycles. The molecular formula is C12H18N6O. The van der Waals surface area contributed by atoms with Crippen LogP contribution in [0.2, 0.25) is 0 Å². The molecule has 1 atom stereocenters. The Hall–Kier alpha value is -2.18. The standard InChI is InChI=1S/C12H18N6O/c1-8(2)10-15-11(17-16-10)12(19)14-9(3)7-18-6-4-5-13-18/h4-6,8-9H,7H2,1-3H3,(H,14,19)(H,15,16,17). The van der Waals surface area contributed by atoms with Crippen LogP contribution in [0, 0.1) is 0 Å². The minimum atomic E-state index is -0.275. The average Bonchev–Trinajstić information content (AvgIpc) is 2.98. The zero-order valence-corrected chi connectivity index (χ0v) is 11.3. The van der Waals surface area contributed by atoms with E-state index in [9.17, 15) is 4.79 Å². The zero-order valence-electron chi connectivity index (χ0n) is 11.3. The van der Waals surface area contributed by atoms with E-state index < -0.39 is 0 Å². The highest BCUT2D eigenvalue weighted by Gasteiger charge is 2.16. The SMILES string of the molecule is CC(Cn1cccn1)NC(=O)c1n[nH]c(C(C)C)n1. The van der Waals surface area contributed by atoms with E-state index >= 15 is 0 Å². The number of amides is 1. The summed E-state index contributed by atoms with van der Waals surface area (Å²) in [4.78, 5) is 16.1. The highest BCUT2D eigenvalue weighted by molar-refractivity contribution is 5.90. The Morgan fingerprint density at radius 3 is 2.84 bits per heavy atom. The van der Waals surface area contributed by atoms with Gasteiger partial charge in [-0.25, -0.2) is 4.98 Å². The molecule has 2 N–H and O–H groups in total. The predicted molar refractivity (Wildman–Crippen MR) is 69.6 cm³/mol. The molecule has 0 bridgehead atoms. The molecular weight excluding hydrogens is 244 g/mol. The van der Waals surface area contributed by atoms with Crippen LogP contribution in [0.4, 0.5) is 0 Å². The lowest BCUT2D eigenvalue weighted by Crippen LogP contribution is -2.36. The minimum Gasteiger partial charge on any atom is -0.345 e. The van der Waals surface area contributed by atoms with Gasteiger partial charge in [0.25, 0.3) is 5.91 Å². The van der Waals surface area contributed by atoms with Crippen molar-refractivity contribution in [3.63, 3.8) is 0 Å². The Labute approximate surface area is 111 Å². The highest BCUT2D eigenvalue weighted by Crippen LogP contribution is 2.07. The molecule has 2 aromatic rings. The van der Waals surface area contributed by atoms with Crippen LogP contribution in [0.5, 0.6) is 0 Å². The van der Waals surface area contributed by atoms with Crippen molar-refractivity contribution in [1.29, 1.82) is 0 Å².